The van der Waals surface area contributed by atoms with E-state index < -0.39 is 84.0 Å². The van der Waals surface area contributed by atoms with E-state index in [9.17, 15) is 38.4 Å². The van der Waals surface area contributed by atoms with Crippen molar-refractivity contribution in [1.29, 1.82) is 0 Å². The van der Waals surface area contributed by atoms with Crippen LogP contribution in [0.15, 0.2) is 4.99 Å². The average Bonchev–Trinajstić information content (AvgIpc) is 3.67. The fraction of sp³-hybridized carbons (Fsp3) is 0.775. The second kappa shape index (κ2) is 26.3. The number of rotatable bonds is 26. The van der Waals surface area contributed by atoms with Crippen LogP contribution < -0.4 is 49.5 Å². The Morgan fingerprint density at radius 1 is 0.700 bits per heavy atom. The molecule has 60 heavy (non-hydrogen) atoms. The number of carbonyl (C=O) groups is 8. The van der Waals surface area contributed by atoms with Crippen LogP contribution in [0.5, 0.6) is 0 Å². The molecule has 1 aliphatic heterocycles. The summed E-state index contributed by atoms with van der Waals surface area (Å²) in [6.07, 6.45) is 7.76. The van der Waals surface area contributed by atoms with Crippen molar-refractivity contribution >= 4 is 53.2 Å². The quantitative estimate of drug-likeness (QED) is 0.0286. The second-order valence-electron chi connectivity index (χ2n) is 16.8. The normalized spacial score (nSPS) is 18.1. The van der Waals surface area contributed by atoms with Gasteiger partial charge in [-0.05, 0) is 62.7 Å². The summed E-state index contributed by atoms with van der Waals surface area (Å²) in [6, 6.07) is -6.92. The van der Waals surface area contributed by atoms with Crippen LogP contribution in [0.25, 0.3) is 0 Å². The van der Waals surface area contributed by atoms with Crippen LogP contribution in [0.2, 0.25) is 0 Å². The van der Waals surface area contributed by atoms with Crippen LogP contribution in [-0.4, -0.2) is 121 Å². The fourth-order valence-corrected chi connectivity index (χ4v) is 7.61. The van der Waals surface area contributed by atoms with Gasteiger partial charge in [-0.3, -0.25) is 43.3 Å². The van der Waals surface area contributed by atoms with Crippen LogP contribution in [0, 0.1) is 17.8 Å². The predicted molar refractivity (Wildman–Crippen MR) is 224 cm³/mol. The summed E-state index contributed by atoms with van der Waals surface area (Å²) in [5, 5.41) is 13.4. The zero-order valence-corrected chi connectivity index (χ0v) is 36.1. The highest BCUT2D eigenvalue weighted by Gasteiger charge is 2.40. The first kappa shape index (κ1) is 51.1. The van der Waals surface area contributed by atoms with E-state index in [-0.39, 0.29) is 69.1 Å². The van der Waals surface area contributed by atoms with Crippen LogP contribution in [0.3, 0.4) is 0 Å². The highest BCUT2D eigenvalue weighted by molar-refractivity contribution is 5.97. The van der Waals surface area contributed by atoms with E-state index >= 15 is 0 Å². The SMILES string of the molecule is COC[C@H](NC(=O)[C@H](CC(C)C)NC(=O)[C@H](CC(C)C)NC(=O)CCC1CCCCC1)C(=O)N1CCC[C@H]1C(=O)N[C@@H](CCCN=C(N)N)C(=O)N[C@@H](CC(N)=O)C(N)=O. The van der Waals surface area contributed by atoms with Crippen LogP contribution in [0.4, 0.5) is 0 Å². The molecule has 6 atom stereocenters. The highest BCUT2D eigenvalue weighted by Crippen LogP contribution is 2.27. The number of carbonyl (C=O) groups excluding carboxylic acids is 8. The number of methoxy groups -OCH3 is 1. The Hall–Kier alpha value is -5.01. The summed E-state index contributed by atoms with van der Waals surface area (Å²) in [4.78, 5) is 111. The molecular formula is C40H71N11O9. The van der Waals surface area contributed by atoms with Crippen molar-refractivity contribution < 1.29 is 43.1 Å². The lowest BCUT2D eigenvalue weighted by molar-refractivity contribution is -0.143. The Morgan fingerprint density at radius 3 is 1.82 bits per heavy atom. The summed E-state index contributed by atoms with van der Waals surface area (Å²) in [6.45, 7) is 7.66. The third-order valence-corrected chi connectivity index (χ3v) is 10.6. The molecule has 340 valence electrons. The summed E-state index contributed by atoms with van der Waals surface area (Å²) >= 11 is 0. The van der Waals surface area contributed by atoms with Crippen LogP contribution >= 0.6 is 0 Å². The molecule has 2 aliphatic rings. The number of guanidine groups is 1. The van der Waals surface area contributed by atoms with Crippen molar-refractivity contribution in [2.45, 2.75) is 154 Å². The molecule has 13 N–H and O–H groups in total. The first-order valence-electron chi connectivity index (χ1n) is 21.3. The Morgan fingerprint density at radius 2 is 1.27 bits per heavy atom. The third-order valence-electron chi connectivity index (χ3n) is 10.6. The number of hydrogen-bond donors (Lipinski definition) is 9. The molecule has 0 radical (unpaired) electrons. The van der Waals surface area contributed by atoms with Crippen LogP contribution in [0.1, 0.15) is 118 Å². The lowest BCUT2D eigenvalue weighted by atomic mass is 9.86. The average molecular weight is 850 g/mol. The molecule has 20 heteroatoms. The fourth-order valence-electron chi connectivity index (χ4n) is 7.61. The number of likely N-dealkylation sites (tertiary alicyclic amines) is 1. The molecule has 8 amide bonds. The minimum atomic E-state index is -1.44. The standard InChI is InChI=1S/C40H71N11O9/c1-23(2)19-28(46-33(53)16-15-25-11-7-6-8-12-25)36(56)49-29(20-24(3)4)37(57)50-30(22-60-5)39(59)51-18-10-14-31(51)38(58)47-26(13-9-17-45-40(43)44)35(55)48-27(34(42)54)21-32(41)52/h23-31H,6-22H2,1-5H3,(H2,41,52)(H2,42,54)(H,46,53)(H,47,58)(H,48,55)(H,49,56)(H,50,57)(H4,43,44,45)/t26-,27-,28-,29-,30-,31-/m0/s1. The zero-order valence-electron chi connectivity index (χ0n) is 36.1. The van der Waals surface area contributed by atoms with Gasteiger partial charge in [0.2, 0.25) is 47.3 Å². The molecule has 1 heterocycles. The van der Waals surface area contributed by atoms with Gasteiger partial charge in [0.05, 0.1) is 13.0 Å². The highest BCUT2D eigenvalue weighted by atomic mass is 16.5. The van der Waals surface area contributed by atoms with E-state index in [0.29, 0.717) is 25.2 Å². The van der Waals surface area contributed by atoms with Gasteiger partial charge >= 0.3 is 0 Å². The molecular weight excluding hydrogens is 779 g/mol. The van der Waals surface area contributed by atoms with Gasteiger partial charge in [-0.15, -0.1) is 0 Å². The monoisotopic (exact) mass is 850 g/mol. The second-order valence-corrected chi connectivity index (χ2v) is 16.8. The lowest BCUT2D eigenvalue weighted by Gasteiger charge is -2.31. The molecule has 0 bridgehead atoms. The Labute approximate surface area is 353 Å². The van der Waals surface area contributed by atoms with E-state index in [1.165, 1.54) is 31.3 Å². The van der Waals surface area contributed by atoms with Crippen molar-refractivity contribution in [1.82, 2.24) is 31.5 Å². The molecule has 0 unspecified atom stereocenters. The molecule has 2 fully saturated rings. The van der Waals surface area contributed by atoms with Gasteiger partial charge in [0.15, 0.2) is 5.96 Å². The summed E-state index contributed by atoms with van der Waals surface area (Å²) in [5.41, 5.74) is 21.4. The number of nitrogens with one attached hydrogen (secondary N) is 5. The largest absolute Gasteiger partial charge is 0.382 e. The number of hydrogen-bond acceptors (Lipinski definition) is 10. The van der Waals surface area contributed by atoms with Gasteiger partial charge in [-0.2, -0.15) is 0 Å². The molecule has 0 spiro atoms. The van der Waals surface area contributed by atoms with Gasteiger partial charge in [0, 0.05) is 26.6 Å². The van der Waals surface area contributed by atoms with E-state index in [1.807, 2.05) is 27.7 Å². The third kappa shape index (κ3) is 18.5. The molecule has 1 saturated heterocycles. The van der Waals surface area contributed by atoms with Gasteiger partial charge in [0.25, 0.3) is 0 Å². The topological polar surface area (TPSA) is 326 Å². The van der Waals surface area contributed by atoms with Gasteiger partial charge in [0.1, 0.15) is 36.3 Å². The molecule has 1 aliphatic carbocycles. The number of amides is 8. The van der Waals surface area contributed by atoms with Crippen molar-refractivity contribution in [3.63, 3.8) is 0 Å². The molecule has 1 saturated carbocycles. The lowest BCUT2D eigenvalue weighted by Crippen LogP contribution is -2.60. The number of ether oxygens (including phenoxy) is 1. The summed E-state index contributed by atoms with van der Waals surface area (Å²) in [5.74, 6) is -5.04. The molecule has 0 aromatic rings. The first-order chi connectivity index (χ1) is 28.3. The van der Waals surface area contributed by atoms with Gasteiger partial charge in [-0.25, -0.2) is 0 Å². The van der Waals surface area contributed by atoms with E-state index in [2.05, 4.69) is 31.6 Å². The molecule has 2 rings (SSSR count). The van der Waals surface area contributed by atoms with Crippen molar-refractivity contribution in [3.05, 3.63) is 0 Å². The Kier molecular flexibility index (Phi) is 22.4. The number of nitrogens with zero attached hydrogens (tertiary/aromatic N) is 2. The number of primary amides is 2. The minimum absolute atomic E-state index is 0.00453. The summed E-state index contributed by atoms with van der Waals surface area (Å²) in [7, 11) is 1.35. The Balaban J connectivity index is 2.22. The maximum Gasteiger partial charge on any atom is 0.248 e. The van der Waals surface area contributed by atoms with Crippen molar-refractivity contribution in [3.8, 4) is 0 Å². The van der Waals surface area contributed by atoms with Crippen molar-refractivity contribution in [2.24, 2.45) is 45.7 Å². The maximum atomic E-state index is 14.1. The van der Waals surface area contributed by atoms with E-state index in [0.717, 1.165) is 19.3 Å². The number of nitrogens with two attached hydrogens (primary N) is 4. The van der Waals surface area contributed by atoms with Crippen molar-refractivity contribution in [2.75, 3.05) is 26.8 Å². The number of aliphatic imine (C=N–C) groups is 1. The van der Waals surface area contributed by atoms with Crippen LogP contribution in [-0.2, 0) is 43.1 Å². The molecule has 0 aromatic carbocycles. The van der Waals surface area contributed by atoms with E-state index in [1.54, 1.807) is 0 Å². The first-order valence-corrected chi connectivity index (χ1v) is 21.3. The minimum Gasteiger partial charge on any atom is -0.382 e. The predicted octanol–water partition coefficient (Wildman–Crippen LogP) is -1.09. The zero-order chi connectivity index (χ0) is 44.9. The maximum absolute atomic E-state index is 14.1. The smallest absolute Gasteiger partial charge is 0.248 e. The summed E-state index contributed by atoms with van der Waals surface area (Å²) < 4.78 is 5.32. The van der Waals surface area contributed by atoms with E-state index in [4.69, 9.17) is 27.7 Å². The molecule has 20 nitrogen and oxygen atoms in total. The van der Waals surface area contributed by atoms with Gasteiger partial charge in [-0.1, -0.05) is 59.8 Å². The van der Waals surface area contributed by atoms with Gasteiger partial charge < -0.3 is 59.2 Å². The molecule has 0 aromatic heterocycles. The Bertz CT molecular complexity index is 1500.